The van der Waals surface area contributed by atoms with Gasteiger partial charge in [-0.3, -0.25) is 4.79 Å². The molecular formula is C16H21NO3. The third kappa shape index (κ3) is 3.18. The van der Waals surface area contributed by atoms with Gasteiger partial charge in [-0.25, -0.2) is 4.79 Å². The molecule has 1 unspecified atom stereocenters. The summed E-state index contributed by atoms with van der Waals surface area (Å²) in [5.74, 6) is -0.974. The van der Waals surface area contributed by atoms with E-state index in [0.717, 1.165) is 24.0 Å². The van der Waals surface area contributed by atoms with Crippen molar-refractivity contribution in [1.29, 1.82) is 0 Å². The van der Waals surface area contributed by atoms with E-state index in [4.69, 9.17) is 0 Å². The Morgan fingerprint density at radius 2 is 2.00 bits per heavy atom. The lowest BCUT2D eigenvalue weighted by Gasteiger charge is -2.33. The minimum atomic E-state index is -0.891. The molecule has 1 aliphatic heterocycles. The van der Waals surface area contributed by atoms with E-state index in [2.05, 4.69) is 0 Å². The molecule has 0 aliphatic carbocycles. The summed E-state index contributed by atoms with van der Waals surface area (Å²) in [6.07, 6.45) is 2.62. The summed E-state index contributed by atoms with van der Waals surface area (Å²) in [4.78, 5) is 25.1. The van der Waals surface area contributed by atoms with E-state index >= 15 is 0 Å². The Balaban J connectivity index is 2.09. The van der Waals surface area contributed by atoms with Crippen molar-refractivity contribution in [1.82, 2.24) is 4.90 Å². The molecule has 1 heterocycles. The van der Waals surface area contributed by atoms with Gasteiger partial charge in [-0.15, -0.1) is 0 Å². The molecule has 1 saturated heterocycles. The molecule has 0 aromatic heterocycles. The fraction of sp³-hybridized carbons (Fsp3) is 0.500. The summed E-state index contributed by atoms with van der Waals surface area (Å²) >= 11 is 0. The van der Waals surface area contributed by atoms with Crippen LogP contribution >= 0.6 is 0 Å². The fourth-order valence-electron chi connectivity index (χ4n) is 2.68. The van der Waals surface area contributed by atoms with Gasteiger partial charge in [-0.2, -0.15) is 0 Å². The highest BCUT2D eigenvalue weighted by atomic mass is 16.4. The molecule has 1 N–H and O–H groups in total. The quantitative estimate of drug-likeness (QED) is 0.921. The van der Waals surface area contributed by atoms with Crippen molar-refractivity contribution in [2.45, 2.75) is 45.6 Å². The van der Waals surface area contributed by atoms with E-state index in [9.17, 15) is 14.7 Å². The maximum absolute atomic E-state index is 12.3. The van der Waals surface area contributed by atoms with Gasteiger partial charge < -0.3 is 10.0 Å². The molecule has 1 amide bonds. The molecule has 1 fully saturated rings. The number of aryl methyl sites for hydroxylation is 2. The van der Waals surface area contributed by atoms with E-state index in [0.29, 0.717) is 13.0 Å². The highest BCUT2D eigenvalue weighted by molar-refractivity contribution is 5.85. The van der Waals surface area contributed by atoms with Crippen LogP contribution in [0.3, 0.4) is 0 Å². The minimum absolute atomic E-state index is 0.0830. The van der Waals surface area contributed by atoms with E-state index in [-0.39, 0.29) is 12.3 Å². The molecule has 4 heteroatoms. The molecule has 0 radical (unpaired) electrons. The van der Waals surface area contributed by atoms with Crippen molar-refractivity contribution in [3.8, 4) is 0 Å². The Morgan fingerprint density at radius 1 is 1.25 bits per heavy atom. The molecule has 4 nitrogen and oxygen atoms in total. The number of hydrogen-bond acceptors (Lipinski definition) is 2. The molecule has 0 saturated carbocycles. The third-order valence-electron chi connectivity index (χ3n) is 4.03. The standard InChI is InChI=1S/C16H21NO3/c1-11-6-7-13(9-12(11)2)10-15(18)17-8-4-3-5-14(17)16(19)20/h6-7,9,14H,3-5,8,10H2,1-2H3,(H,19,20). The zero-order valence-corrected chi connectivity index (χ0v) is 12.1. The largest absolute Gasteiger partial charge is 0.480 e. The SMILES string of the molecule is Cc1ccc(CC(=O)N2CCCCC2C(=O)O)cc1C. The van der Waals surface area contributed by atoms with Crippen LogP contribution in [-0.2, 0) is 16.0 Å². The summed E-state index contributed by atoms with van der Waals surface area (Å²) in [5, 5.41) is 9.21. The molecule has 0 bridgehead atoms. The van der Waals surface area contributed by atoms with Gasteiger partial charge in [0.2, 0.25) is 5.91 Å². The zero-order valence-electron chi connectivity index (χ0n) is 12.1. The molecule has 20 heavy (non-hydrogen) atoms. The molecule has 0 spiro atoms. The number of nitrogens with zero attached hydrogens (tertiary/aromatic N) is 1. The number of benzene rings is 1. The number of aliphatic carboxylic acids is 1. The van der Waals surface area contributed by atoms with E-state index in [1.165, 1.54) is 10.5 Å². The lowest BCUT2D eigenvalue weighted by Crippen LogP contribution is -2.48. The van der Waals surface area contributed by atoms with Gasteiger partial charge in [-0.05, 0) is 49.8 Å². The maximum atomic E-state index is 12.3. The second-order valence-electron chi connectivity index (χ2n) is 5.53. The first kappa shape index (κ1) is 14.6. The van der Waals surface area contributed by atoms with Crippen LogP contribution in [0, 0.1) is 13.8 Å². The third-order valence-corrected chi connectivity index (χ3v) is 4.03. The van der Waals surface area contributed by atoms with Gasteiger partial charge in [0, 0.05) is 6.54 Å². The van der Waals surface area contributed by atoms with Crippen molar-refractivity contribution in [2.24, 2.45) is 0 Å². The molecule has 108 valence electrons. The highest BCUT2D eigenvalue weighted by Crippen LogP contribution is 2.19. The summed E-state index contributed by atoms with van der Waals surface area (Å²) in [7, 11) is 0. The summed E-state index contributed by atoms with van der Waals surface area (Å²) < 4.78 is 0. The summed E-state index contributed by atoms with van der Waals surface area (Å²) in [6, 6.07) is 5.30. The van der Waals surface area contributed by atoms with Crippen LogP contribution < -0.4 is 0 Å². The number of carbonyl (C=O) groups is 2. The summed E-state index contributed by atoms with van der Waals surface area (Å²) in [6.45, 7) is 4.61. The molecule has 1 aliphatic rings. The van der Waals surface area contributed by atoms with Crippen molar-refractivity contribution in [3.05, 3.63) is 34.9 Å². The molecule has 1 atom stereocenters. The number of carbonyl (C=O) groups excluding carboxylic acids is 1. The van der Waals surface area contributed by atoms with Gasteiger partial charge in [0.1, 0.15) is 6.04 Å². The number of amides is 1. The Labute approximate surface area is 119 Å². The fourth-order valence-corrected chi connectivity index (χ4v) is 2.68. The first-order chi connectivity index (χ1) is 9.49. The smallest absolute Gasteiger partial charge is 0.326 e. The van der Waals surface area contributed by atoms with Gasteiger partial charge in [0.15, 0.2) is 0 Å². The molecule has 1 aromatic rings. The van der Waals surface area contributed by atoms with Gasteiger partial charge in [0.05, 0.1) is 6.42 Å². The normalized spacial score (nSPS) is 18.9. The average Bonchev–Trinajstić information content (AvgIpc) is 2.43. The zero-order chi connectivity index (χ0) is 14.7. The number of hydrogen-bond donors (Lipinski definition) is 1. The number of piperidine rings is 1. The van der Waals surface area contributed by atoms with Crippen LogP contribution in [0.4, 0.5) is 0 Å². The number of carboxylic acid groups (broad SMARTS) is 1. The minimum Gasteiger partial charge on any atom is -0.480 e. The monoisotopic (exact) mass is 275 g/mol. The maximum Gasteiger partial charge on any atom is 0.326 e. The average molecular weight is 275 g/mol. The molecule has 2 rings (SSSR count). The lowest BCUT2D eigenvalue weighted by molar-refractivity contribution is -0.151. The van der Waals surface area contributed by atoms with Crippen molar-refractivity contribution >= 4 is 11.9 Å². The van der Waals surface area contributed by atoms with Crippen LogP contribution in [0.5, 0.6) is 0 Å². The van der Waals surface area contributed by atoms with E-state index < -0.39 is 12.0 Å². The van der Waals surface area contributed by atoms with Crippen molar-refractivity contribution in [2.75, 3.05) is 6.54 Å². The van der Waals surface area contributed by atoms with Crippen LogP contribution in [0.2, 0.25) is 0 Å². The van der Waals surface area contributed by atoms with Crippen molar-refractivity contribution < 1.29 is 14.7 Å². The Morgan fingerprint density at radius 3 is 2.65 bits per heavy atom. The van der Waals surface area contributed by atoms with Gasteiger partial charge in [-0.1, -0.05) is 18.2 Å². The highest BCUT2D eigenvalue weighted by Gasteiger charge is 2.31. The second kappa shape index (κ2) is 6.07. The van der Waals surface area contributed by atoms with Crippen LogP contribution in [0.1, 0.15) is 36.0 Å². The summed E-state index contributed by atoms with van der Waals surface area (Å²) in [5.41, 5.74) is 3.30. The first-order valence-electron chi connectivity index (χ1n) is 7.07. The molecule has 1 aromatic carbocycles. The lowest BCUT2D eigenvalue weighted by atomic mass is 9.99. The van der Waals surface area contributed by atoms with Crippen LogP contribution in [-0.4, -0.2) is 34.5 Å². The van der Waals surface area contributed by atoms with Gasteiger partial charge >= 0.3 is 5.97 Å². The number of carboxylic acids is 1. The Hall–Kier alpha value is -1.84. The predicted octanol–water partition coefficient (Wildman–Crippen LogP) is 2.31. The second-order valence-corrected chi connectivity index (χ2v) is 5.53. The topological polar surface area (TPSA) is 57.6 Å². The number of rotatable bonds is 3. The first-order valence-corrected chi connectivity index (χ1v) is 7.07. The van der Waals surface area contributed by atoms with Crippen LogP contribution in [0.25, 0.3) is 0 Å². The van der Waals surface area contributed by atoms with Gasteiger partial charge in [0.25, 0.3) is 0 Å². The predicted molar refractivity (Wildman–Crippen MR) is 76.6 cm³/mol. The Bertz CT molecular complexity index is 524. The van der Waals surface area contributed by atoms with E-state index in [1.807, 2.05) is 32.0 Å². The van der Waals surface area contributed by atoms with E-state index in [1.54, 1.807) is 0 Å². The Kier molecular flexibility index (Phi) is 4.42. The van der Waals surface area contributed by atoms with Crippen molar-refractivity contribution in [3.63, 3.8) is 0 Å². The van der Waals surface area contributed by atoms with Crippen LogP contribution in [0.15, 0.2) is 18.2 Å². The number of likely N-dealkylation sites (tertiary alicyclic amines) is 1. The molecular weight excluding hydrogens is 254 g/mol.